The van der Waals surface area contributed by atoms with E-state index < -0.39 is 0 Å². The molecule has 0 unspecified atom stereocenters. The third-order valence-electron chi connectivity index (χ3n) is 3.52. The van der Waals surface area contributed by atoms with Crippen molar-refractivity contribution in [3.63, 3.8) is 0 Å². The van der Waals surface area contributed by atoms with Crippen molar-refractivity contribution in [2.75, 3.05) is 25.2 Å². The minimum Gasteiger partial charge on any atom is -0.385 e. The predicted octanol–water partition coefficient (Wildman–Crippen LogP) is 2.07. The molecule has 6 heteroatoms. The summed E-state index contributed by atoms with van der Waals surface area (Å²) in [6.07, 6.45) is 0.888. The zero-order valence-electron chi connectivity index (χ0n) is 11.6. The standard InChI is InChI=1S/C14H17FN4O/c1-10-16-17-14-9-18(6-3-7-20-2)13-8-11(15)4-5-12(13)19(10)14/h4-5,8H,3,6-7,9H2,1-2H3. The number of benzene rings is 1. The summed E-state index contributed by atoms with van der Waals surface area (Å²) in [6, 6.07) is 4.83. The van der Waals surface area contributed by atoms with Gasteiger partial charge in [-0.3, -0.25) is 4.57 Å². The van der Waals surface area contributed by atoms with Crippen LogP contribution in [0.15, 0.2) is 18.2 Å². The lowest BCUT2D eigenvalue weighted by molar-refractivity contribution is 0.196. The first-order valence-electron chi connectivity index (χ1n) is 6.65. The number of ether oxygens (including phenoxy) is 1. The molecule has 106 valence electrons. The van der Waals surface area contributed by atoms with Crippen LogP contribution in [0, 0.1) is 12.7 Å². The molecule has 0 spiro atoms. The van der Waals surface area contributed by atoms with Gasteiger partial charge in [0.05, 0.1) is 17.9 Å². The number of hydrogen-bond acceptors (Lipinski definition) is 4. The molecule has 2 heterocycles. The molecule has 20 heavy (non-hydrogen) atoms. The molecule has 0 aliphatic carbocycles. The molecule has 0 bridgehead atoms. The topological polar surface area (TPSA) is 43.2 Å². The molecule has 1 aliphatic heterocycles. The van der Waals surface area contributed by atoms with E-state index in [1.807, 2.05) is 11.5 Å². The van der Waals surface area contributed by atoms with E-state index in [2.05, 4.69) is 15.1 Å². The lowest BCUT2D eigenvalue weighted by atomic mass is 10.1. The minimum atomic E-state index is -0.227. The van der Waals surface area contributed by atoms with Gasteiger partial charge in [-0.2, -0.15) is 0 Å². The Morgan fingerprint density at radius 3 is 2.95 bits per heavy atom. The molecule has 0 saturated heterocycles. The molecule has 1 aromatic carbocycles. The van der Waals surface area contributed by atoms with Crippen molar-refractivity contribution in [2.45, 2.75) is 19.9 Å². The second-order valence-electron chi connectivity index (χ2n) is 4.90. The smallest absolute Gasteiger partial charge is 0.157 e. The minimum absolute atomic E-state index is 0.227. The number of anilines is 1. The monoisotopic (exact) mass is 276 g/mol. The molecule has 2 aromatic rings. The Morgan fingerprint density at radius 2 is 2.15 bits per heavy atom. The van der Waals surface area contributed by atoms with Crippen LogP contribution in [-0.4, -0.2) is 35.0 Å². The van der Waals surface area contributed by atoms with Crippen molar-refractivity contribution in [2.24, 2.45) is 0 Å². The molecule has 0 radical (unpaired) electrons. The first-order valence-corrected chi connectivity index (χ1v) is 6.65. The fourth-order valence-electron chi connectivity index (χ4n) is 2.62. The van der Waals surface area contributed by atoms with Gasteiger partial charge in [-0.15, -0.1) is 10.2 Å². The maximum Gasteiger partial charge on any atom is 0.157 e. The Balaban J connectivity index is 2.00. The molecule has 5 nitrogen and oxygen atoms in total. The Hall–Kier alpha value is -1.95. The van der Waals surface area contributed by atoms with Crippen LogP contribution in [0.25, 0.3) is 5.69 Å². The summed E-state index contributed by atoms with van der Waals surface area (Å²) in [5, 5.41) is 8.32. The number of aryl methyl sites for hydroxylation is 1. The van der Waals surface area contributed by atoms with Crippen LogP contribution >= 0.6 is 0 Å². The second-order valence-corrected chi connectivity index (χ2v) is 4.90. The van der Waals surface area contributed by atoms with Crippen LogP contribution in [-0.2, 0) is 11.3 Å². The lowest BCUT2D eigenvalue weighted by Gasteiger charge is -2.31. The van der Waals surface area contributed by atoms with Gasteiger partial charge in [0.1, 0.15) is 11.6 Å². The third-order valence-corrected chi connectivity index (χ3v) is 3.52. The van der Waals surface area contributed by atoms with Crippen LogP contribution in [0.2, 0.25) is 0 Å². The highest BCUT2D eigenvalue weighted by molar-refractivity contribution is 5.65. The van der Waals surface area contributed by atoms with E-state index in [1.165, 1.54) is 6.07 Å². The quantitative estimate of drug-likeness (QED) is 0.802. The van der Waals surface area contributed by atoms with Gasteiger partial charge in [-0.25, -0.2) is 4.39 Å². The number of rotatable bonds is 4. The van der Waals surface area contributed by atoms with Crippen molar-refractivity contribution in [3.05, 3.63) is 35.7 Å². The van der Waals surface area contributed by atoms with E-state index in [0.717, 1.165) is 36.0 Å². The van der Waals surface area contributed by atoms with Gasteiger partial charge in [-0.05, 0) is 31.5 Å². The maximum atomic E-state index is 13.6. The molecular weight excluding hydrogens is 259 g/mol. The summed E-state index contributed by atoms with van der Waals surface area (Å²) in [5.74, 6) is 1.48. The number of fused-ring (bicyclic) bond motifs is 3. The van der Waals surface area contributed by atoms with E-state index in [0.29, 0.717) is 13.2 Å². The van der Waals surface area contributed by atoms with Gasteiger partial charge in [0, 0.05) is 20.3 Å². The molecule has 0 saturated carbocycles. The van der Waals surface area contributed by atoms with Gasteiger partial charge in [0.15, 0.2) is 5.82 Å². The first-order chi connectivity index (χ1) is 9.70. The van der Waals surface area contributed by atoms with Crippen LogP contribution in [0.1, 0.15) is 18.1 Å². The highest BCUT2D eigenvalue weighted by atomic mass is 19.1. The average molecular weight is 276 g/mol. The van der Waals surface area contributed by atoms with Crippen molar-refractivity contribution in [3.8, 4) is 5.69 Å². The number of halogens is 1. The Bertz CT molecular complexity index is 626. The molecule has 0 fully saturated rings. The van der Waals surface area contributed by atoms with E-state index in [9.17, 15) is 4.39 Å². The second kappa shape index (κ2) is 5.20. The Kier molecular flexibility index (Phi) is 3.40. The summed E-state index contributed by atoms with van der Waals surface area (Å²) in [7, 11) is 1.68. The summed E-state index contributed by atoms with van der Waals surface area (Å²) < 4.78 is 20.6. The molecule has 0 N–H and O–H groups in total. The normalized spacial score (nSPS) is 13.2. The van der Waals surface area contributed by atoms with Crippen molar-refractivity contribution in [1.29, 1.82) is 0 Å². The zero-order chi connectivity index (χ0) is 14.1. The molecule has 0 amide bonds. The van der Waals surface area contributed by atoms with Gasteiger partial charge in [-0.1, -0.05) is 0 Å². The number of nitrogens with zero attached hydrogens (tertiary/aromatic N) is 4. The van der Waals surface area contributed by atoms with Crippen LogP contribution < -0.4 is 4.90 Å². The summed E-state index contributed by atoms with van der Waals surface area (Å²) >= 11 is 0. The average Bonchev–Trinajstić information content (AvgIpc) is 2.80. The zero-order valence-corrected chi connectivity index (χ0v) is 11.6. The van der Waals surface area contributed by atoms with Gasteiger partial charge < -0.3 is 9.64 Å². The Labute approximate surface area is 117 Å². The number of hydrogen-bond donors (Lipinski definition) is 0. The third kappa shape index (κ3) is 2.16. The molecule has 3 rings (SSSR count). The number of aromatic nitrogens is 3. The van der Waals surface area contributed by atoms with Crippen LogP contribution in [0.4, 0.5) is 10.1 Å². The largest absolute Gasteiger partial charge is 0.385 e. The van der Waals surface area contributed by atoms with Gasteiger partial charge >= 0.3 is 0 Å². The van der Waals surface area contributed by atoms with Crippen molar-refractivity contribution < 1.29 is 9.13 Å². The van der Waals surface area contributed by atoms with E-state index in [1.54, 1.807) is 19.2 Å². The highest BCUT2D eigenvalue weighted by Crippen LogP contribution is 2.32. The summed E-state index contributed by atoms with van der Waals surface area (Å²) in [4.78, 5) is 2.13. The fourth-order valence-corrected chi connectivity index (χ4v) is 2.62. The van der Waals surface area contributed by atoms with E-state index >= 15 is 0 Å². The Morgan fingerprint density at radius 1 is 1.30 bits per heavy atom. The number of methoxy groups -OCH3 is 1. The van der Waals surface area contributed by atoms with Crippen LogP contribution in [0.3, 0.4) is 0 Å². The van der Waals surface area contributed by atoms with Gasteiger partial charge in [0.25, 0.3) is 0 Å². The lowest BCUT2D eigenvalue weighted by Crippen LogP contribution is -2.31. The molecule has 1 aromatic heterocycles. The molecular formula is C14H17FN4O. The molecule has 0 atom stereocenters. The summed E-state index contributed by atoms with van der Waals surface area (Å²) in [6.45, 7) is 4.04. The molecule has 1 aliphatic rings. The van der Waals surface area contributed by atoms with Crippen molar-refractivity contribution >= 4 is 5.69 Å². The van der Waals surface area contributed by atoms with Gasteiger partial charge in [0.2, 0.25) is 0 Å². The predicted molar refractivity (Wildman–Crippen MR) is 73.6 cm³/mol. The first kappa shape index (κ1) is 13.1. The SMILES string of the molecule is COCCCN1Cc2nnc(C)n2-c2ccc(F)cc21. The van der Waals surface area contributed by atoms with E-state index in [-0.39, 0.29) is 5.82 Å². The van der Waals surface area contributed by atoms with Crippen LogP contribution in [0.5, 0.6) is 0 Å². The summed E-state index contributed by atoms with van der Waals surface area (Å²) in [5.41, 5.74) is 1.82. The highest BCUT2D eigenvalue weighted by Gasteiger charge is 2.25. The van der Waals surface area contributed by atoms with E-state index in [4.69, 9.17) is 4.74 Å². The van der Waals surface area contributed by atoms with Crippen molar-refractivity contribution in [1.82, 2.24) is 14.8 Å². The maximum absolute atomic E-state index is 13.6. The fraction of sp³-hybridized carbons (Fsp3) is 0.429.